The van der Waals surface area contributed by atoms with Gasteiger partial charge in [0.15, 0.2) is 10.9 Å². The summed E-state index contributed by atoms with van der Waals surface area (Å²) in [5, 5.41) is 3.83. The fourth-order valence-corrected chi connectivity index (χ4v) is 6.55. The molecule has 6 nitrogen and oxygen atoms in total. The Hall–Kier alpha value is -2.45. The number of nitrogens with zero attached hydrogens (tertiary/aromatic N) is 2. The molecule has 3 aromatic rings. The van der Waals surface area contributed by atoms with Crippen molar-refractivity contribution in [1.29, 1.82) is 0 Å². The fourth-order valence-electron chi connectivity index (χ4n) is 4.31. The van der Waals surface area contributed by atoms with Crippen molar-refractivity contribution in [1.82, 2.24) is 9.55 Å². The highest BCUT2D eigenvalue weighted by Gasteiger charge is 2.25. The molecule has 1 amide bonds. The van der Waals surface area contributed by atoms with E-state index in [1.807, 2.05) is 6.92 Å². The second-order valence-electron chi connectivity index (χ2n) is 8.84. The number of carbonyl (C=O) groups excluding carboxylic acids is 2. The minimum atomic E-state index is -0.459. The quantitative estimate of drug-likeness (QED) is 0.164. The molecule has 0 spiro atoms. The molecular weight excluding hydrogens is 466 g/mol. The fraction of sp³-hybridized carbons (Fsp3) is 0.462. The van der Waals surface area contributed by atoms with E-state index < -0.39 is 5.25 Å². The van der Waals surface area contributed by atoms with Crippen LogP contribution in [-0.2, 0) is 24.2 Å². The number of thioether (sulfide) groups is 1. The van der Waals surface area contributed by atoms with E-state index in [4.69, 9.17) is 4.98 Å². The predicted molar refractivity (Wildman–Crippen MR) is 140 cm³/mol. The van der Waals surface area contributed by atoms with Crippen LogP contribution in [0.5, 0.6) is 0 Å². The molecule has 0 fully saturated rings. The molecule has 34 heavy (non-hydrogen) atoms. The molecule has 0 unspecified atom stereocenters. The zero-order valence-corrected chi connectivity index (χ0v) is 21.6. The lowest BCUT2D eigenvalue weighted by Gasteiger charge is -2.16. The summed E-state index contributed by atoms with van der Waals surface area (Å²) in [6.07, 6.45) is 7.33. The Kier molecular flexibility index (Phi) is 7.88. The molecular formula is C26H31N3O3S2. The summed E-state index contributed by atoms with van der Waals surface area (Å²) in [7, 11) is 0. The van der Waals surface area contributed by atoms with Crippen LogP contribution in [0.4, 0.5) is 5.69 Å². The number of ketones is 1. The largest absolute Gasteiger partial charge is 0.325 e. The maximum absolute atomic E-state index is 13.6. The molecule has 2 heterocycles. The summed E-state index contributed by atoms with van der Waals surface area (Å²) in [6.45, 7) is 6.11. The van der Waals surface area contributed by atoms with Gasteiger partial charge in [0.05, 0.1) is 10.6 Å². The molecule has 1 atom stereocenters. The van der Waals surface area contributed by atoms with E-state index in [2.05, 4.69) is 12.2 Å². The van der Waals surface area contributed by atoms with Crippen LogP contribution < -0.4 is 10.9 Å². The first-order valence-electron chi connectivity index (χ1n) is 12.0. The molecule has 1 aromatic carbocycles. The Bertz CT molecular complexity index is 1280. The Morgan fingerprint density at radius 1 is 1.24 bits per heavy atom. The van der Waals surface area contributed by atoms with Gasteiger partial charge in [0.1, 0.15) is 4.83 Å². The molecule has 4 rings (SSSR count). The number of aromatic nitrogens is 2. The van der Waals surface area contributed by atoms with Gasteiger partial charge in [0.25, 0.3) is 5.56 Å². The summed E-state index contributed by atoms with van der Waals surface area (Å²) < 4.78 is 1.79. The van der Waals surface area contributed by atoms with E-state index in [0.717, 1.165) is 55.2 Å². The highest BCUT2D eigenvalue weighted by molar-refractivity contribution is 8.00. The first-order valence-corrected chi connectivity index (χ1v) is 13.7. The number of anilines is 1. The maximum Gasteiger partial charge on any atom is 0.263 e. The van der Waals surface area contributed by atoms with Crippen molar-refractivity contribution in [2.24, 2.45) is 0 Å². The van der Waals surface area contributed by atoms with E-state index in [-0.39, 0.29) is 17.2 Å². The lowest BCUT2D eigenvalue weighted by Crippen LogP contribution is -2.27. The number of unbranched alkanes of at least 4 members (excludes halogenated alkanes) is 3. The highest BCUT2D eigenvalue weighted by Crippen LogP contribution is 2.36. The van der Waals surface area contributed by atoms with Crippen LogP contribution in [0.15, 0.2) is 34.2 Å². The van der Waals surface area contributed by atoms with Gasteiger partial charge < -0.3 is 5.32 Å². The smallest absolute Gasteiger partial charge is 0.263 e. The van der Waals surface area contributed by atoms with Crippen LogP contribution in [0, 0.1) is 0 Å². The molecule has 0 aliphatic heterocycles. The average Bonchev–Trinajstić information content (AvgIpc) is 3.39. The van der Waals surface area contributed by atoms with Crippen molar-refractivity contribution in [3.63, 3.8) is 0 Å². The Balaban J connectivity index is 1.59. The molecule has 0 bridgehead atoms. The van der Waals surface area contributed by atoms with E-state index in [1.165, 1.54) is 29.1 Å². The highest BCUT2D eigenvalue weighted by atomic mass is 32.2. The van der Waals surface area contributed by atoms with Crippen LogP contribution in [0.2, 0.25) is 0 Å². The number of benzene rings is 1. The Morgan fingerprint density at radius 2 is 2.06 bits per heavy atom. The zero-order valence-electron chi connectivity index (χ0n) is 20.0. The van der Waals surface area contributed by atoms with E-state index in [9.17, 15) is 14.4 Å². The van der Waals surface area contributed by atoms with Gasteiger partial charge in [-0.1, -0.05) is 50.1 Å². The van der Waals surface area contributed by atoms with Gasteiger partial charge in [-0.05, 0) is 57.2 Å². The standard InChI is InChI=1S/C26H31N3O3S2/c1-4-5-6-7-14-29-25(32)22-20-12-9-13-21(20)34-24(22)28-26(29)33-17(3)23(31)27-19-11-8-10-18(15-19)16(2)30/h8,10-11,15,17H,4-7,9,12-14H2,1-3H3,(H,27,31)/t17-/m1/s1. The normalized spacial score (nSPS) is 13.7. The van der Waals surface area contributed by atoms with Gasteiger partial charge in [-0.2, -0.15) is 0 Å². The van der Waals surface area contributed by atoms with Crippen molar-refractivity contribution in [2.45, 2.75) is 82.7 Å². The van der Waals surface area contributed by atoms with Crippen LogP contribution >= 0.6 is 23.1 Å². The van der Waals surface area contributed by atoms with Gasteiger partial charge >= 0.3 is 0 Å². The van der Waals surface area contributed by atoms with Gasteiger partial charge in [-0.15, -0.1) is 11.3 Å². The van der Waals surface area contributed by atoms with Crippen LogP contribution in [0.25, 0.3) is 10.2 Å². The number of amides is 1. The minimum Gasteiger partial charge on any atom is -0.325 e. The number of rotatable bonds is 10. The monoisotopic (exact) mass is 497 g/mol. The number of nitrogens with one attached hydrogen (secondary N) is 1. The molecule has 1 N–H and O–H groups in total. The molecule has 0 saturated heterocycles. The molecule has 8 heteroatoms. The third-order valence-corrected chi connectivity index (χ3v) is 8.49. The third-order valence-electron chi connectivity index (χ3n) is 6.21. The lowest BCUT2D eigenvalue weighted by molar-refractivity contribution is -0.115. The summed E-state index contributed by atoms with van der Waals surface area (Å²) in [5.74, 6) is -0.239. The Morgan fingerprint density at radius 3 is 2.82 bits per heavy atom. The zero-order chi connectivity index (χ0) is 24.2. The molecule has 1 aliphatic rings. The number of hydrogen-bond donors (Lipinski definition) is 1. The summed E-state index contributed by atoms with van der Waals surface area (Å²) in [5.41, 5.74) is 2.36. The number of carbonyl (C=O) groups is 2. The van der Waals surface area contributed by atoms with E-state index in [0.29, 0.717) is 23.0 Å². The number of hydrogen-bond acceptors (Lipinski definition) is 6. The van der Waals surface area contributed by atoms with Crippen LogP contribution in [-0.4, -0.2) is 26.5 Å². The average molecular weight is 498 g/mol. The van der Waals surface area contributed by atoms with Crippen molar-refractivity contribution in [2.75, 3.05) is 5.32 Å². The first-order chi connectivity index (χ1) is 16.4. The SMILES string of the molecule is CCCCCCn1c(S[C@H](C)C(=O)Nc2cccc(C(C)=O)c2)nc2sc3c(c2c1=O)CCC3. The van der Waals surface area contributed by atoms with Gasteiger partial charge in [0.2, 0.25) is 5.91 Å². The van der Waals surface area contributed by atoms with Crippen LogP contribution in [0.3, 0.4) is 0 Å². The Labute approximate surface area is 208 Å². The second-order valence-corrected chi connectivity index (χ2v) is 11.2. The summed E-state index contributed by atoms with van der Waals surface area (Å²) >= 11 is 2.95. The third kappa shape index (κ3) is 5.28. The topological polar surface area (TPSA) is 81.1 Å². The second kappa shape index (κ2) is 10.9. The number of thiophene rings is 1. The summed E-state index contributed by atoms with van der Waals surface area (Å²) in [6, 6.07) is 6.93. The van der Waals surface area contributed by atoms with Gasteiger partial charge in [-0.3, -0.25) is 19.0 Å². The van der Waals surface area contributed by atoms with Crippen molar-refractivity contribution >= 4 is 50.7 Å². The number of Topliss-reactive ketones (excluding diaryl/α,β-unsaturated/α-hetero) is 1. The maximum atomic E-state index is 13.6. The van der Waals surface area contributed by atoms with E-state index in [1.54, 1.807) is 40.2 Å². The minimum absolute atomic E-state index is 0.0326. The first kappa shape index (κ1) is 24.7. The molecule has 1 aliphatic carbocycles. The van der Waals surface area contributed by atoms with E-state index >= 15 is 0 Å². The lowest BCUT2D eigenvalue weighted by atomic mass is 10.1. The molecule has 2 aromatic heterocycles. The van der Waals surface area contributed by atoms with Crippen molar-refractivity contribution in [3.8, 4) is 0 Å². The molecule has 0 saturated carbocycles. The van der Waals surface area contributed by atoms with Crippen molar-refractivity contribution in [3.05, 3.63) is 50.6 Å². The predicted octanol–water partition coefficient (Wildman–Crippen LogP) is 5.85. The number of fused-ring (bicyclic) bond motifs is 3. The summed E-state index contributed by atoms with van der Waals surface area (Å²) in [4.78, 5) is 45.1. The van der Waals surface area contributed by atoms with Crippen LogP contribution in [0.1, 0.15) is 73.7 Å². The van der Waals surface area contributed by atoms with Gasteiger partial charge in [0, 0.05) is 22.7 Å². The van der Waals surface area contributed by atoms with Gasteiger partial charge in [-0.25, -0.2) is 4.98 Å². The van der Waals surface area contributed by atoms with Crippen molar-refractivity contribution < 1.29 is 9.59 Å². The number of aryl methyl sites for hydroxylation is 2. The molecule has 180 valence electrons. The molecule has 0 radical (unpaired) electrons.